The molecule has 0 radical (unpaired) electrons. The largest absolute Gasteiger partial charge is 0.542 e. The fourth-order valence-corrected chi connectivity index (χ4v) is 8.20. The monoisotopic (exact) mass is 251 g/mol. The molecule has 0 N–H and O–H groups in total. The van der Waals surface area contributed by atoms with E-state index in [1.807, 2.05) is 18.3 Å². The highest BCUT2D eigenvalue weighted by Gasteiger charge is 2.46. The molecule has 3 heteroatoms. The maximum atomic E-state index is 6.46. The zero-order valence-electron chi connectivity index (χ0n) is 11.9. The highest BCUT2D eigenvalue weighted by atomic mass is 28.4. The van der Waals surface area contributed by atoms with Crippen LogP contribution in [0.3, 0.4) is 0 Å². The molecule has 0 saturated carbocycles. The molecule has 0 atom stereocenters. The van der Waals surface area contributed by atoms with Gasteiger partial charge in [-0.25, -0.2) is 0 Å². The van der Waals surface area contributed by atoms with Gasteiger partial charge >= 0.3 is 0 Å². The van der Waals surface area contributed by atoms with Crippen LogP contribution in [-0.4, -0.2) is 13.3 Å². The second-order valence-electron chi connectivity index (χ2n) is 5.61. The molecule has 1 rings (SSSR count). The molecule has 0 saturated heterocycles. The molecule has 96 valence electrons. The second kappa shape index (κ2) is 5.67. The van der Waals surface area contributed by atoms with E-state index >= 15 is 0 Å². The van der Waals surface area contributed by atoms with Gasteiger partial charge in [-0.3, -0.25) is 4.98 Å². The third-order valence-corrected chi connectivity index (χ3v) is 9.64. The van der Waals surface area contributed by atoms with Crippen LogP contribution in [0.1, 0.15) is 41.5 Å². The lowest BCUT2D eigenvalue weighted by Crippen LogP contribution is -2.50. The van der Waals surface area contributed by atoms with Gasteiger partial charge in [-0.05, 0) is 28.8 Å². The molecule has 1 heterocycles. The zero-order chi connectivity index (χ0) is 13.1. The SMILES string of the molecule is CC(C)[Si](Oc1cccnc1)(C(C)C)C(C)C. The number of hydrogen-bond donors (Lipinski definition) is 0. The second-order valence-corrected chi connectivity index (χ2v) is 11.0. The van der Waals surface area contributed by atoms with Gasteiger partial charge in [-0.15, -0.1) is 0 Å². The molecule has 0 spiro atoms. The first-order valence-electron chi connectivity index (χ1n) is 6.50. The van der Waals surface area contributed by atoms with E-state index in [0.717, 1.165) is 5.75 Å². The van der Waals surface area contributed by atoms with Gasteiger partial charge in [-0.2, -0.15) is 0 Å². The van der Waals surface area contributed by atoms with Gasteiger partial charge in [0.25, 0.3) is 8.32 Å². The van der Waals surface area contributed by atoms with Crippen LogP contribution in [0, 0.1) is 0 Å². The van der Waals surface area contributed by atoms with Crippen LogP contribution in [0.5, 0.6) is 5.75 Å². The lowest BCUT2D eigenvalue weighted by Gasteiger charge is -2.42. The summed E-state index contributed by atoms with van der Waals surface area (Å²) in [7, 11) is -1.81. The van der Waals surface area contributed by atoms with Crippen LogP contribution in [0.2, 0.25) is 16.6 Å². The summed E-state index contributed by atoms with van der Waals surface area (Å²) >= 11 is 0. The summed E-state index contributed by atoms with van der Waals surface area (Å²) in [5, 5.41) is 0. The van der Waals surface area contributed by atoms with Crippen molar-refractivity contribution in [3.05, 3.63) is 24.5 Å². The Kier molecular flexibility index (Phi) is 4.75. The van der Waals surface area contributed by atoms with Gasteiger partial charge in [-0.1, -0.05) is 41.5 Å². The summed E-state index contributed by atoms with van der Waals surface area (Å²) in [6.45, 7) is 13.8. The molecular weight excluding hydrogens is 226 g/mol. The van der Waals surface area contributed by atoms with Gasteiger partial charge in [0.15, 0.2) is 0 Å². The molecule has 0 aromatic carbocycles. The minimum absolute atomic E-state index is 0.600. The highest BCUT2D eigenvalue weighted by Crippen LogP contribution is 2.42. The van der Waals surface area contributed by atoms with Crippen molar-refractivity contribution in [2.24, 2.45) is 0 Å². The van der Waals surface area contributed by atoms with E-state index in [1.54, 1.807) is 6.20 Å². The van der Waals surface area contributed by atoms with Gasteiger partial charge in [0.2, 0.25) is 0 Å². The fourth-order valence-electron chi connectivity index (χ4n) is 2.97. The van der Waals surface area contributed by atoms with E-state index in [9.17, 15) is 0 Å². The molecule has 1 aromatic rings. The van der Waals surface area contributed by atoms with E-state index < -0.39 is 8.32 Å². The molecule has 0 fully saturated rings. The van der Waals surface area contributed by atoms with Crippen LogP contribution in [-0.2, 0) is 0 Å². The van der Waals surface area contributed by atoms with Crippen LogP contribution in [0.15, 0.2) is 24.5 Å². The predicted octanol–water partition coefficient (Wildman–Crippen LogP) is 4.64. The van der Waals surface area contributed by atoms with Crippen LogP contribution >= 0.6 is 0 Å². The Morgan fingerprint density at radius 1 is 1.00 bits per heavy atom. The summed E-state index contributed by atoms with van der Waals surface area (Å²) in [6.07, 6.45) is 3.62. The van der Waals surface area contributed by atoms with Crippen LogP contribution < -0.4 is 4.43 Å². The van der Waals surface area contributed by atoms with Crippen molar-refractivity contribution < 1.29 is 4.43 Å². The molecule has 0 aliphatic carbocycles. The molecule has 0 unspecified atom stereocenters. The Labute approximate surface area is 107 Å². The van der Waals surface area contributed by atoms with Gasteiger partial charge < -0.3 is 4.43 Å². The molecule has 0 aliphatic heterocycles. The van der Waals surface area contributed by atoms with Crippen LogP contribution in [0.25, 0.3) is 0 Å². The Hall–Kier alpha value is -0.833. The summed E-state index contributed by atoms with van der Waals surface area (Å²) in [4.78, 5) is 4.14. The normalized spacial score (nSPS) is 12.5. The molecule has 0 bridgehead atoms. The Morgan fingerprint density at radius 3 is 1.88 bits per heavy atom. The molecule has 0 aliphatic rings. The number of rotatable bonds is 5. The number of nitrogens with zero attached hydrogens (tertiary/aromatic N) is 1. The summed E-state index contributed by atoms with van der Waals surface area (Å²) in [5.74, 6) is 0.926. The predicted molar refractivity (Wildman–Crippen MR) is 75.9 cm³/mol. The average Bonchev–Trinajstić information content (AvgIpc) is 2.25. The Morgan fingerprint density at radius 2 is 1.53 bits per heavy atom. The lowest BCUT2D eigenvalue weighted by molar-refractivity contribution is 0.478. The first kappa shape index (κ1) is 14.2. The standard InChI is InChI=1S/C14H25NOSi/c1-11(2)17(12(3)4,13(5)6)16-14-8-7-9-15-10-14/h7-13H,1-6H3. The number of hydrogen-bond acceptors (Lipinski definition) is 2. The highest BCUT2D eigenvalue weighted by molar-refractivity contribution is 6.78. The smallest absolute Gasteiger partial charge is 0.258 e. The first-order chi connectivity index (χ1) is 7.91. The van der Waals surface area contributed by atoms with Crippen molar-refractivity contribution in [1.29, 1.82) is 0 Å². The molecule has 0 amide bonds. The first-order valence-corrected chi connectivity index (χ1v) is 8.64. The summed E-state index contributed by atoms with van der Waals surface area (Å²) in [6, 6.07) is 3.96. The van der Waals surface area contributed by atoms with Gasteiger partial charge in [0, 0.05) is 6.20 Å². The zero-order valence-corrected chi connectivity index (χ0v) is 12.9. The molecule has 17 heavy (non-hydrogen) atoms. The van der Waals surface area contributed by atoms with Crippen molar-refractivity contribution in [2.45, 2.75) is 58.2 Å². The summed E-state index contributed by atoms with van der Waals surface area (Å²) in [5.41, 5.74) is 1.80. The Balaban J connectivity index is 3.07. The van der Waals surface area contributed by atoms with E-state index in [0.29, 0.717) is 16.6 Å². The van der Waals surface area contributed by atoms with Gasteiger partial charge in [0.05, 0.1) is 6.20 Å². The van der Waals surface area contributed by atoms with E-state index in [1.165, 1.54) is 0 Å². The lowest BCUT2D eigenvalue weighted by atomic mass is 10.5. The third-order valence-electron chi connectivity index (χ3n) is 3.64. The topological polar surface area (TPSA) is 22.1 Å². The Bertz CT molecular complexity index is 314. The minimum atomic E-state index is -1.81. The maximum Gasteiger partial charge on any atom is 0.258 e. The van der Waals surface area contributed by atoms with E-state index in [-0.39, 0.29) is 0 Å². The number of aromatic nitrogens is 1. The minimum Gasteiger partial charge on any atom is -0.542 e. The fraction of sp³-hybridized carbons (Fsp3) is 0.643. The molecule has 2 nitrogen and oxygen atoms in total. The van der Waals surface area contributed by atoms with Crippen molar-refractivity contribution in [1.82, 2.24) is 4.98 Å². The molecular formula is C14H25NOSi. The average molecular weight is 251 g/mol. The van der Waals surface area contributed by atoms with Crippen molar-refractivity contribution in [3.8, 4) is 5.75 Å². The van der Waals surface area contributed by atoms with Crippen molar-refractivity contribution in [3.63, 3.8) is 0 Å². The van der Waals surface area contributed by atoms with Crippen molar-refractivity contribution in [2.75, 3.05) is 0 Å². The number of pyridine rings is 1. The summed E-state index contributed by atoms with van der Waals surface area (Å²) < 4.78 is 6.46. The quantitative estimate of drug-likeness (QED) is 0.711. The van der Waals surface area contributed by atoms with Crippen LogP contribution in [0.4, 0.5) is 0 Å². The van der Waals surface area contributed by atoms with Gasteiger partial charge in [0.1, 0.15) is 5.75 Å². The van der Waals surface area contributed by atoms with E-state index in [4.69, 9.17) is 4.43 Å². The maximum absolute atomic E-state index is 6.46. The third kappa shape index (κ3) is 2.89. The van der Waals surface area contributed by atoms with E-state index in [2.05, 4.69) is 46.5 Å². The van der Waals surface area contributed by atoms with Crippen molar-refractivity contribution >= 4 is 8.32 Å². The molecule has 1 aromatic heterocycles.